The maximum Gasteiger partial charge on any atom is 0.252 e. The van der Waals surface area contributed by atoms with Crippen LogP contribution in [0.1, 0.15) is 34.8 Å². The highest BCUT2D eigenvalue weighted by molar-refractivity contribution is 7.89. The van der Waals surface area contributed by atoms with Crippen LogP contribution in [0.2, 0.25) is 0 Å². The summed E-state index contributed by atoms with van der Waals surface area (Å²) in [6, 6.07) is 13.1. The maximum atomic E-state index is 13.3. The van der Waals surface area contributed by atoms with Gasteiger partial charge in [-0.2, -0.15) is 4.31 Å². The Balaban J connectivity index is 2.04. The van der Waals surface area contributed by atoms with Crippen molar-refractivity contribution in [2.45, 2.75) is 31.7 Å². The molecule has 0 radical (unpaired) electrons. The van der Waals surface area contributed by atoms with E-state index >= 15 is 0 Å². The van der Waals surface area contributed by atoms with Crippen LogP contribution in [0.25, 0.3) is 10.9 Å². The quantitative estimate of drug-likeness (QED) is 0.536. The Kier molecular flexibility index (Phi) is 6.50. The number of aliphatic hydroxyl groups is 1. The number of aliphatic hydroxyl groups excluding tert-OH is 1. The second-order valence-electron chi connectivity index (χ2n) is 7.16. The SMILES string of the molecule is CC(=O)c1cccc(S(=O)(=O)N(CCCO)Cc2cc3cccc(C)c3[nH]c2=O)c1. The van der Waals surface area contributed by atoms with Crippen LogP contribution in [0.15, 0.2) is 58.2 Å². The lowest BCUT2D eigenvalue weighted by atomic mass is 10.1. The molecule has 0 amide bonds. The van der Waals surface area contributed by atoms with Crippen molar-refractivity contribution in [2.75, 3.05) is 13.2 Å². The molecule has 7 nitrogen and oxygen atoms in total. The van der Waals surface area contributed by atoms with Crippen LogP contribution in [-0.2, 0) is 16.6 Å². The van der Waals surface area contributed by atoms with E-state index in [1.165, 1.54) is 25.1 Å². The largest absolute Gasteiger partial charge is 0.396 e. The smallest absolute Gasteiger partial charge is 0.252 e. The molecule has 2 aromatic carbocycles. The summed E-state index contributed by atoms with van der Waals surface area (Å²) in [6.45, 7) is 2.96. The molecule has 1 heterocycles. The first-order valence-electron chi connectivity index (χ1n) is 9.57. The minimum Gasteiger partial charge on any atom is -0.396 e. The molecule has 2 N–H and O–H groups in total. The average molecular weight is 429 g/mol. The van der Waals surface area contributed by atoms with Crippen LogP contribution in [0.4, 0.5) is 0 Å². The van der Waals surface area contributed by atoms with Crippen molar-refractivity contribution < 1.29 is 18.3 Å². The second kappa shape index (κ2) is 8.91. The molecule has 1 aromatic heterocycles. The predicted octanol–water partition coefficient (Wildman–Crippen LogP) is 2.61. The summed E-state index contributed by atoms with van der Waals surface area (Å²) < 4.78 is 27.7. The van der Waals surface area contributed by atoms with Crippen molar-refractivity contribution in [1.82, 2.24) is 9.29 Å². The fraction of sp³-hybridized carbons (Fsp3) is 0.273. The lowest BCUT2D eigenvalue weighted by molar-refractivity contribution is 0.101. The van der Waals surface area contributed by atoms with Crippen LogP contribution in [-0.4, -0.2) is 41.7 Å². The van der Waals surface area contributed by atoms with Crippen molar-refractivity contribution in [3.05, 3.63) is 75.6 Å². The summed E-state index contributed by atoms with van der Waals surface area (Å²) in [7, 11) is -3.99. The third-order valence-corrected chi connectivity index (χ3v) is 6.80. The first-order chi connectivity index (χ1) is 14.2. The Morgan fingerprint density at radius 2 is 1.87 bits per heavy atom. The molecule has 0 aliphatic heterocycles. The molecule has 0 atom stereocenters. The molecular formula is C22H24N2O5S. The van der Waals surface area contributed by atoms with Gasteiger partial charge in [-0.1, -0.05) is 30.3 Å². The fourth-order valence-electron chi connectivity index (χ4n) is 3.29. The zero-order valence-electron chi connectivity index (χ0n) is 16.9. The van der Waals surface area contributed by atoms with Crippen molar-refractivity contribution in [1.29, 1.82) is 0 Å². The number of Topliss-reactive ketones (excluding diaryl/α,β-unsaturated/α-hetero) is 1. The van der Waals surface area contributed by atoms with Crippen molar-refractivity contribution in [3.63, 3.8) is 0 Å². The second-order valence-corrected chi connectivity index (χ2v) is 9.10. The van der Waals surface area contributed by atoms with Crippen LogP contribution in [0.3, 0.4) is 0 Å². The van der Waals surface area contributed by atoms with Crippen LogP contribution < -0.4 is 5.56 Å². The van der Waals surface area contributed by atoms with Gasteiger partial charge < -0.3 is 10.1 Å². The molecule has 0 saturated heterocycles. The minimum atomic E-state index is -3.99. The van der Waals surface area contributed by atoms with Gasteiger partial charge in [0.1, 0.15) is 0 Å². The van der Waals surface area contributed by atoms with Crippen molar-refractivity contribution in [3.8, 4) is 0 Å². The monoisotopic (exact) mass is 428 g/mol. The normalized spacial score (nSPS) is 11.9. The maximum absolute atomic E-state index is 13.3. The van der Waals surface area contributed by atoms with Gasteiger partial charge >= 0.3 is 0 Å². The number of carbonyl (C=O) groups excluding carboxylic acids is 1. The Hall–Kier alpha value is -2.81. The Bertz CT molecular complexity index is 1250. The van der Waals surface area contributed by atoms with E-state index in [0.717, 1.165) is 15.3 Å². The van der Waals surface area contributed by atoms with Gasteiger partial charge in [-0.15, -0.1) is 0 Å². The van der Waals surface area contributed by atoms with Gasteiger partial charge in [0, 0.05) is 30.8 Å². The third-order valence-electron chi connectivity index (χ3n) is 4.96. The van der Waals surface area contributed by atoms with Gasteiger partial charge in [-0.25, -0.2) is 8.42 Å². The Labute approximate surface area is 175 Å². The van der Waals surface area contributed by atoms with Gasteiger partial charge in [0.25, 0.3) is 5.56 Å². The summed E-state index contributed by atoms with van der Waals surface area (Å²) >= 11 is 0. The van der Waals surface area contributed by atoms with E-state index in [0.29, 0.717) is 11.1 Å². The van der Waals surface area contributed by atoms with E-state index < -0.39 is 10.0 Å². The number of H-pyrrole nitrogens is 1. The number of pyridine rings is 1. The summed E-state index contributed by atoms with van der Waals surface area (Å²) in [5, 5.41) is 10.0. The number of nitrogens with zero attached hydrogens (tertiary/aromatic N) is 1. The molecule has 0 unspecified atom stereocenters. The molecule has 3 rings (SSSR count). The van der Waals surface area contributed by atoms with E-state index in [4.69, 9.17) is 0 Å². The predicted molar refractivity (Wildman–Crippen MR) is 115 cm³/mol. The molecule has 0 saturated carbocycles. The highest BCUT2D eigenvalue weighted by Gasteiger charge is 2.26. The number of hydrogen-bond acceptors (Lipinski definition) is 5. The number of aryl methyl sites for hydroxylation is 1. The standard InChI is InChI=1S/C22H24N2O5S/c1-15-6-3-8-18-12-19(22(27)23-21(15)18)14-24(10-5-11-25)30(28,29)20-9-4-7-17(13-20)16(2)26/h3-4,6-9,12-13,25H,5,10-11,14H2,1-2H3,(H,23,27). The number of sulfonamides is 1. The summed E-state index contributed by atoms with van der Waals surface area (Å²) in [5.41, 5.74) is 1.86. The number of nitrogens with one attached hydrogen (secondary N) is 1. The van der Waals surface area contributed by atoms with E-state index in [1.807, 2.05) is 25.1 Å². The van der Waals surface area contributed by atoms with Gasteiger partial charge in [-0.3, -0.25) is 9.59 Å². The van der Waals surface area contributed by atoms with E-state index in [-0.39, 0.29) is 47.9 Å². The van der Waals surface area contributed by atoms with E-state index in [9.17, 15) is 23.1 Å². The summed E-state index contributed by atoms with van der Waals surface area (Å²) in [4.78, 5) is 27.1. The van der Waals surface area contributed by atoms with Gasteiger partial charge in [-0.05, 0) is 49.4 Å². The number of benzene rings is 2. The number of rotatable bonds is 8. The number of para-hydroxylation sites is 1. The van der Waals surface area contributed by atoms with E-state index in [2.05, 4.69) is 4.98 Å². The lowest BCUT2D eigenvalue weighted by Gasteiger charge is -2.22. The molecular weight excluding hydrogens is 404 g/mol. The number of aromatic amines is 1. The molecule has 0 spiro atoms. The molecule has 0 bridgehead atoms. The fourth-order valence-corrected chi connectivity index (χ4v) is 4.79. The molecule has 0 fully saturated rings. The van der Waals surface area contributed by atoms with Crippen molar-refractivity contribution in [2.24, 2.45) is 0 Å². The van der Waals surface area contributed by atoms with E-state index in [1.54, 1.807) is 12.1 Å². The summed E-state index contributed by atoms with van der Waals surface area (Å²) in [6.07, 6.45) is 0.218. The molecule has 0 aliphatic rings. The molecule has 30 heavy (non-hydrogen) atoms. The minimum absolute atomic E-state index is 0.0267. The van der Waals surface area contributed by atoms with Crippen LogP contribution in [0, 0.1) is 6.92 Å². The Morgan fingerprint density at radius 3 is 2.57 bits per heavy atom. The molecule has 0 aliphatic carbocycles. The number of carbonyl (C=O) groups is 1. The topological polar surface area (TPSA) is 108 Å². The average Bonchev–Trinajstić information content (AvgIpc) is 2.72. The summed E-state index contributed by atoms with van der Waals surface area (Å²) in [5.74, 6) is -0.240. The lowest BCUT2D eigenvalue weighted by Crippen LogP contribution is -2.34. The number of ketones is 1. The van der Waals surface area contributed by atoms with Crippen molar-refractivity contribution >= 4 is 26.7 Å². The van der Waals surface area contributed by atoms with Crippen LogP contribution in [0.5, 0.6) is 0 Å². The first-order valence-corrected chi connectivity index (χ1v) is 11.0. The molecule has 3 aromatic rings. The number of hydrogen-bond donors (Lipinski definition) is 2. The highest BCUT2D eigenvalue weighted by Crippen LogP contribution is 2.21. The zero-order valence-corrected chi connectivity index (χ0v) is 17.7. The number of fused-ring (bicyclic) bond motifs is 1. The number of aromatic nitrogens is 1. The molecule has 158 valence electrons. The first kappa shape index (κ1) is 21.9. The molecule has 8 heteroatoms. The third kappa shape index (κ3) is 4.51. The highest BCUT2D eigenvalue weighted by atomic mass is 32.2. The van der Waals surface area contributed by atoms with Gasteiger partial charge in [0.15, 0.2) is 5.78 Å². The van der Waals surface area contributed by atoms with Gasteiger partial charge in [0.2, 0.25) is 10.0 Å². The van der Waals surface area contributed by atoms with Crippen LogP contribution >= 0.6 is 0 Å². The van der Waals surface area contributed by atoms with Gasteiger partial charge in [0.05, 0.1) is 10.4 Å². The zero-order chi connectivity index (χ0) is 21.9. The Morgan fingerprint density at radius 1 is 1.13 bits per heavy atom.